The number of carbonyl (C=O) groups excluding carboxylic acids is 1. The second kappa shape index (κ2) is 9.51. The predicted molar refractivity (Wildman–Crippen MR) is 160 cm³/mol. The molecule has 0 radical (unpaired) electrons. The van der Waals surface area contributed by atoms with Gasteiger partial charge in [0, 0.05) is 49.7 Å². The van der Waals surface area contributed by atoms with Crippen molar-refractivity contribution in [1.29, 1.82) is 0 Å². The van der Waals surface area contributed by atoms with E-state index in [-0.39, 0.29) is 17.4 Å². The number of nitrogens with zero attached hydrogens (tertiary/aromatic N) is 3. The van der Waals surface area contributed by atoms with E-state index in [1.54, 1.807) is 14.2 Å². The zero-order valence-electron chi connectivity index (χ0n) is 25.0. The lowest BCUT2D eigenvalue weighted by Gasteiger charge is -2.57. The van der Waals surface area contributed by atoms with E-state index >= 15 is 0 Å². The monoisotopic (exact) mass is 568 g/mol. The SMILES string of the molecule is COc1ccc(CN2CCN(C(=O)c3[nH]c4c(c3C)CC3[C@H]5Cc6ccc(OC)c7c6[C@@]3(CCN5C)[C@H]4O7)CC2)cc1. The Labute approximate surface area is 247 Å². The first-order chi connectivity index (χ1) is 20.4. The van der Waals surface area contributed by atoms with E-state index in [9.17, 15) is 4.79 Å². The minimum absolute atomic E-state index is 0.0771. The van der Waals surface area contributed by atoms with E-state index in [1.165, 1.54) is 22.3 Å². The van der Waals surface area contributed by atoms with E-state index < -0.39 is 0 Å². The topological polar surface area (TPSA) is 70.3 Å². The van der Waals surface area contributed by atoms with Gasteiger partial charge in [-0.05, 0) is 86.1 Å². The second-order valence-corrected chi connectivity index (χ2v) is 12.9. The lowest BCUT2D eigenvalue weighted by molar-refractivity contribution is -0.0256. The highest BCUT2D eigenvalue weighted by atomic mass is 16.5. The molecular formula is C34H40N4O4. The minimum Gasteiger partial charge on any atom is -0.497 e. The third-order valence-corrected chi connectivity index (χ3v) is 11.1. The number of piperidine rings is 1. The number of ether oxygens (including phenoxy) is 3. The van der Waals surface area contributed by atoms with E-state index in [1.807, 2.05) is 17.0 Å². The van der Waals surface area contributed by atoms with E-state index in [0.717, 1.165) is 92.7 Å². The van der Waals surface area contributed by atoms with Gasteiger partial charge < -0.3 is 29.0 Å². The maximum Gasteiger partial charge on any atom is 0.270 e. The van der Waals surface area contributed by atoms with Gasteiger partial charge in [0.2, 0.25) is 0 Å². The number of amides is 1. The molecule has 3 aromatic rings. The molecule has 3 aliphatic heterocycles. The van der Waals surface area contributed by atoms with Crippen LogP contribution in [0.15, 0.2) is 36.4 Å². The summed E-state index contributed by atoms with van der Waals surface area (Å²) in [4.78, 5) is 24.7. The summed E-state index contributed by atoms with van der Waals surface area (Å²) >= 11 is 0. The number of benzene rings is 2. The van der Waals surface area contributed by atoms with Crippen LogP contribution in [0.1, 0.15) is 56.5 Å². The van der Waals surface area contributed by atoms with Crippen molar-refractivity contribution in [2.75, 3.05) is 54.0 Å². The third kappa shape index (κ3) is 3.57. The van der Waals surface area contributed by atoms with Gasteiger partial charge in [0.1, 0.15) is 17.5 Å². The van der Waals surface area contributed by atoms with Crippen molar-refractivity contribution in [3.63, 3.8) is 0 Å². The number of H-pyrrole nitrogens is 1. The third-order valence-electron chi connectivity index (χ3n) is 11.1. The molecule has 42 heavy (non-hydrogen) atoms. The Morgan fingerprint density at radius 3 is 2.55 bits per heavy atom. The molecule has 8 nitrogen and oxygen atoms in total. The van der Waals surface area contributed by atoms with Crippen molar-refractivity contribution < 1.29 is 19.0 Å². The van der Waals surface area contributed by atoms with Gasteiger partial charge >= 0.3 is 0 Å². The summed E-state index contributed by atoms with van der Waals surface area (Å²) in [6.45, 7) is 7.24. The number of likely N-dealkylation sites (N-methyl/N-ethyl adjacent to an activating group) is 1. The Hall–Kier alpha value is -3.49. The van der Waals surface area contributed by atoms with Gasteiger partial charge in [-0.2, -0.15) is 0 Å². The molecular weight excluding hydrogens is 528 g/mol. The maximum atomic E-state index is 14.0. The van der Waals surface area contributed by atoms with Crippen molar-refractivity contribution >= 4 is 5.91 Å². The number of rotatable bonds is 5. The molecule has 1 aromatic heterocycles. The van der Waals surface area contributed by atoms with Crippen LogP contribution < -0.4 is 14.2 Å². The molecule has 2 fully saturated rings. The predicted octanol–water partition coefficient (Wildman–Crippen LogP) is 4.10. The smallest absolute Gasteiger partial charge is 0.270 e. The Morgan fingerprint density at radius 1 is 1.02 bits per heavy atom. The molecule has 2 aromatic carbocycles. The fraction of sp³-hybridized carbons (Fsp3) is 0.500. The molecule has 4 atom stereocenters. The summed E-state index contributed by atoms with van der Waals surface area (Å²) in [5.41, 5.74) is 8.20. The van der Waals surface area contributed by atoms with Gasteiger partial charge in [-0.25, -0.2) is 0 Å². The van der Waals surface area contributed by atoms with Gasteiger partial charge in [0.05, 0.1) is 19.9 Å². The molecule has 8 heteroatoms. The molecule has 4 heterocycles. The lowest BCUT2D eigenvalue weighted by atomic mass is 9.51. The first-order valence-corrected chi connectivity index (χ1v) is 15.4. The zero-order valence-corrected chi connectivity index (χ0v) is 25.0. The number of likely N-dealkylation sites (tertiary alicyclic amines) is 1. The first-order valence-electron chi connectivity index (χ1n) is 15.4. The Kier molecular flexibility index (Phi) is 5.92. The average molecular weight is 569 g/mol. The van der Waals surface area contributed by atoms with E-state index in [4.69, 9.17) is 14.2 Å². The van der Waals surface area contributed by atoms with Gasteiger partial charge in [0.15, 0.2) is 11.5 Å². The number of nitrogens with one attached hydrogen (secondary N) is 1. The van der Waals surface area contributed by atoms with Crippen LogP contribution in [0.2, 0.25) is 0 Å². The summed E-state index contributed by atoms with van der Waals surface area (Å²) < 4.78 is 18.0. The van der Waals surface area contributed by atoms with Crippen molar-refractivity contribution in [1.82, 2.24) is 19.7 Å². The second-order valence-electron chi connectivity index (χ2n) is 12.9. The molecule has 1 amide bonds. The number of aromatic nitrogens is 1. The molecule has 1 N–H and O–H groups in total. The highest BCUT2D eigenvalue weighted by Gasteiger charge is 2.65. The molecule has 220 valence electrons. The summed E-state index contributed by atoms with van der Waals surface area (Å²) in [7, 11) is 5.70. The number of piperazine rings is 1. The standard InChI is InChI=1S/C34H40N4O4/c1-20-24-18-25-26-17-22-7-10-27(41-4)31-28(22)34(25,11-12-36(26)2)32(42-31)30(24)35-29(20)33(39)38-15-13-37(14-16-38)19-21-5-8-23(40-3)9-6-21/h5-10,25-26,32,35H,11-19H2,1-4H3/t25?,26-,32+,34+/m1/s1. The molecule has 2 saturated heterocycles. The van der Waals surface area contributed by atoms with E-state index in [2.05, 4.69) is 53.0 Å². The number of hydrogen-bond donors (Lipinski definition) is 1. The van der Waals surface area contributed by atoms with Crippen LogP contribution in [0.4, 0.5) is 0 Å². The van der Waals surface area contributed by atoms with Crippen molar-refractivity contribution in [2.24, 2.45) is 5.92 Å². The minimum atomic E-state index is -0.116. The van der Waals surface area contributed by atoms with Gasteiger partial charge in [0.25, 0.3) is 5.91 Å². The Bertz CT molecular complexity index is 1560. The lowest BCUT2D eigenvalue weighted by Crippen LogP contribution is -2.62. The van der Waals surface area contributed by atoms with Crippen LogP contribution in [0.25, 0.3) is 0 Å². The highest BCUT2D eigenvalue weighted by molar-refractivity contribution is 5.95. The maximum absolute atomic E-state index is 14.0. The van der Waals surface area contributed by atoms with Crippen LogP contribution in [-0.2, 0) is 24.8 Å². The van der Waals surface area contributed by atoms with Crippen LogP contribution >= 0.6 is 0 Å². The number of aromatic amines is 1. The quantitative estimate of drug-likeness (QED) is 0.500. The van der Waals surface area contributed by atoms with Crippen molar-refractivity contribution in [3.05, 3.63) is 75.6 Å². The summed E-state index contributed by atoms with van der Waals surface area (Å²) in [6, 6.07) is 13.1. The highest BCUT2D eigenvalue weighted by Crippen LogP contribution is 2.67. The zero-order chi connectivity index (χ0) is 28.7. The fourth-order valence-corrected chi connectivity index (χ4v) is 8.91. The summed E-state index contributed by atoms with van der Waals surface area (Å²) in [5.74, 6) is 3.18. The Balaban J connectivity index is 1.07. The van der Waals surface area contributed by atoms with Crippen molar-refractivity contribution in [2.45, 2.75) is 50.3 Å². The average Bonchev–Trinajstić information content (AvgIpc) is 3.54. The van der Waals surface area contributed by atoms with Gasteiger partial charge in [-0.3, -0.25) is 9.69 Å². The Morgan fingerprint density at radius 2 is 1.81 bits per heavy atom. The molecule has 8 rings (SSSR count). The van der Waals surface area contributed by atoms with Crippen LogP contribution in [0.5, 0.6) is 17.2 Å². The molecule has 5 aliphatic rings. The first kappa shape index (κ1) is 26.2. The van der Waals surface area contributed by atoms with E-state index in [0.29, 0.717) is 12.0 Å². The van der Waals surface area contributed by atoms with Crippen LogP contribution in [0, 0.1) is 12.8 Å². The molecule has 0 saturated carbocycles. The largest absolute Gasteiger partial charge is 0.497 e. The van der Waals surface area contributed by atoms with Gasteiger partial charge in [-0.1, -0.05) is 18.2 Å². The fourth-order valence-electron chi connectivity index (χ4n) is 8.91. The summed E-state index contributed by atoms with van der Waals surface area (Å²) in [6.07, 6.45) is 2.95. The number of fused-ring (bicyclic) bond motifs is 2. The summed E-state index contributed by atoms with van der Waals surface area (Å²) in [5, 5.41) is 0. The van der Waals surface area contributed by atoms with Gasteiger partial charge in [-0.15, -0.1) is 0 Å². The number of methoxy groups -OCH3 is 2. The normalized spacial score (nSPS) is 27.7. The molecule has 1 unspecified atom stereocenters. The molecule has 2 aliphatic carbocycles. The number of hydrogen-bond acceptors (Lipinski definition) is 6. The van der Waals surface area contributed by atoms with Crippen LogP contribution in [0.3, 0.4) is 0 Å². The van der Waals surface area contributed by atoms with Crippen molar-refractivity contribution in [3.8, 4) is 17.2 Å². The molecule has 2 bridgehead atoms. The number of carbonyl (C=O) groups is 1. The van der Waals surface area contributed by atoms with Crippen LogP contribution in [-0.4, -0.2) is 85.6 Å². The molecule has 1 spiro atoms.